The molecule has 0 spiro atoms. The number of rotatable bonds is 9. The second kappa shape index (κ2) is 9.65. The van der Waals surface area contributed by atoms with Gasteiger partial charge >= 0.3 is 5.97 Å². The number of nitrogens with zero attached hydrogens (tertiary/aromatic N) is 1. The molecule has 128 valence electrons. The van der Waals surface area contributed by atoms with Crippen molar-refractivity contribution in [3.63, 3.8) is 0 Å². The molecular weight excluding hydrogens is 309 g/mol. The van der Waals surface area contributed by atoms with Gasteiger partial charge < -0.3 is 9.47 Å². The fraction of sp³-hybridized carbons (Fsp3) is 0.368. The maximum absolute atomic E-state index is 12.7. The van der Waals surface area contributed by atoms with Crippen LogP contribution in [0.4, 0.5) is 4.39 Å². The monoisotopic (exact) mass is 331 g/mol. The van der Waals surface area contributed by atoms with Gasteiger partial charge in [0.25, 0.3) is 0 Å². The van der Waals surface area contributed by atoms with Crippen molar-refractivity contribution in [2.45, 2.75) is 39.0 Å². The van der Waals surface area contributed by atoms with Crippen LogP contribution in [-0.4, -0.2) is 17.6 Å². The zero-order chi connectivity index (χ0) is 17.2. The highest BCUT2D eigenvalue weighted by atomic mass is 19.1. The Morgan fingerprint density at radius 3 is 2.38 bits per heavy atom. The largest absolute Gasteiger partial charge is 0.494 e. The first-order chi connectivity index (χ1) is 11.7. The van der Waals surface area contributed by atoms with E-state index in [1.54, 1.807) is 24.3 Å². The Bertz CT molecular complexity index is 626. The summed E-state index contributed by atoms with van der Waals surface area (Å²) in [5.41, 5.74) is 0.398. The molecule has 1 heterocycles. The summed E-state index contributed by atoms with van der Waals surface area (Å²) in [6.07, 6.45) is 7.10. The van der Waals surface area contributed by atoms with E-state index in [1.165, 1.54) is 37.9 Å². The van der Waals surface area contributed by atoms with Gasteiger partial charge in [-0.25, -0.2) is 9.78 Å². The van der Waals surface area contributed by atoms with E-state index in [0.29, 0.717) is 12.2 Å². The average molecular weight is 331 g/mol. The molecule has 2 aromatic rings. The zero-order valence-electron chi connectivity index (χ0n) is 13.8. The Kier molecular flexibility index (Phi) is 7.21. The summed E-state index contributed by atoms with van der Waals surface area (Å²) in [6.45, 7) is 2.87. The van der Waals surface area contributed by atoms with Crippen molar-refractivity contribution in [1.82, 2.24) is 4.98 Å². The van der Waals surface area contributed by atoms with E-state index in [9.17, 15) is 9.18 Å². The Morgan fingerprint density at radius 1 is 1.00 bits per heavy atom. The average Bonchev–Trinajstić information content (AvgIpc) is 2.60. The summed E-state index contributed by atoms with van der Waals surface area (Å²) >= 11 is 0. The summed E-state index contributed by atoms with van der Waals surface area (Å²) in [5.74, 6) is -0.209. The molecule has 0 saturated carbocycles. The normalized spacial score (nSPS) is 10.4. The van der Waals surface area contributed by atoms with Gasteiger partial charge in [0, 0.05) is 0 Å². The van der Waals surface area contributed by atoms with Crippen LogP contribution in [-0.2, 0) is 0 Å². The summed E-state index contributed by atoms with van der Waals surface area (Å²) < 4.78 is 23.5. The van der Waals surface area contributed by atoms with Crippen LogP contribution >= 0.6 is 0 Å². The van der Waals surface area contributed by atoms with Crippen molar-refractivity contribution in [3.8, 4) is 11.5 Å². The smallest absolute Gasteiger partial charge is 0.343 e. The van der Waals surface area contributed by atoms with E-state index in [-0.39, 0.29) is 5.75 Å². The Labute approximate surface area is 141 Å². The second-order valence-electron chi connectivity index (χ2n) is 5.49. The molecule has 5 heteroatoms. The molecule has 4 nitrogen and oxygen atoms in total. The minimum atomic E-state index is -0.619. The van der Waals surface area contributed by atoms with Crippen molar-refractivity contribution < 1.29 is 18.7 Å². The predicted molar refractivity (Wildman–Crippen MR) is 89.8 cm³/mol. The van der Waals surface area contributed by atoms with E-state index in [4.69, 9.17) is 9.47 Å². The van der Waals surface area contributed by atoms with Gasteiger partial charge in [-0.05, 0) is 42.8 Å². The zero-order valence-corrected chi connectivity index (χ0v) is 13.8. The summed E-state index contributed by atoms with van der Waals surface area (Å²) in [7, 11) is 0. The van der Waals surface area contributed by atoms with Crippen molar-refractivity contribution in [2.24, 2.45) is 0 Å². The van der Waals surface area contributed by atoms with Gasteiger partial charge in [-0.1, -0.05) is 32.6 Å². The standard InChI is InChI=1S/C19H22FNO3/c1-2-3-4-5-6-13-23-16-9-7-15(8-10-16)19(22)24-17-11-12-18(20)21-14-17/h7-12,14H,2-6,13H2,1H3. The number of pyridine rings is 1. The van der Waals surface area contributed by atoms with Crippen molar-refractivity contribution >= 4 is 5.97 Å². The Morgan fingerprint density at radius 2 is 1.71 bits per heavy atom. The van der Waals surface area contributed by atoms with Crippen molar-refractivity contribution in [2.75, 3.05) is 6.61 Å². The third kappa shape index (κ3) is 5.99. The fourth-order valence-electron chi connectivity index (χ4n) is 2.17. The fourth-order valence-corrected chi connectivity index (χ4v) is 2.17. The molecule has 0 N–H and O–H groups in total. The lowest BCUT2D eigenvalue weighted by Crippen LogP contribution is -2.08. The number of unbranched alkanes of at least 4 members (excludes halogenated alkanes) is 4. The molecule has 2 rings (SSSR count). The molecule has 0 atom stereocenters. The molecule has 1 aromatic heterocycles. The molecule has 0 aliphatic rings. The summed E-state index contributed by atoms with van der Waals surface area (Å²) in [4.78, 5) is 15.4. The van der Waals surface area contributed by atoms with Crippen LogP contribution in [0, 0.1) is 5.95 Å². The number of hydrogen-bond acceptors (Lipinski definition) is 4. The molecule has 0 fully saturated rings. The van der Waals surface area contributed by atoms with E-state index in [1.807, 2.05) is 0 Å². The van der Waals surface area contributed by atoms with Gasteiger partial charge in [0.15, 0.2) is 0 Å². The predicted octanol–water partition coefficient (Wildman–Crippen LogP) is 4.79. The lowest BCUT2D eigenvalue weighted by Gasteiger charge is -2.07. The van der Waals surface area contributed by atoms with Crippen LogP contribution in [0.5, 0.6) is 11.5 Å². The minimum absolute atomic E-state index is 0.203. The van der Waals surface area contributed by atoms with Gasteiger partial charge in [0.2, 0.25) is 5.95 Å². The highest BCUT2D eigenvalue weighted by Gasteiger charge is 2.09. The van der Waals surface area contributed by atoms with E-state index >= 15 is 0 Å². The molecule has 1 aromatic carbocycles. The number of esters is 1. The maximum Gasteiger partial charge on any atom is 0.343 e. The summed E-state index contributed by atoms with van der Waals surface area (Å²) in [5, 5.41) is 0. The van der Waals surface area contributed by atoms with Crippen molar-refractivity contribution in [1.29, 1.82) is 0 Å². The first-order valence-electron chi connectivity index (χ1n) is 8.25. The lowest BCUT2D eigenvalue weighted by atomic mass is 10.2. The minimum Gasteiger partial charge on any atom is -0.494 e. The van der Waals surface area contributed by atoms with Crippen LogP contribution in [0.25, 0.3) is 0 Å². The highest BCUT2D eigenvalue weighted by Crippen LogP contribution is 2.16. The first kappa shape index (κ1) is 17.9. The van der Waals surface area contributed by atoms with E-state index in [2.05, 4.69) is 11.9 Å². The number of aromatic nitrogens is 1. The molecule has 0 saturated heterocycles. The molecule has 0 aliphatic heterocycles. The number of benzene rings is 1. The van der Waals surface area contributed by atoms with Gasteiger partial charge in [-0.2, -0.15) is 4.39 Å². The van der Waals surface area contributed by atoms with Gasteiger partial charge in [-0.15, -0.1) is 0 Å². The quantitative estimate of drug-likeness (QED) is 0.376. The topological polar surface area (TPSA) is 48.4 Å². The molecule has 0 aliphatic carbocycles. The number of carbonyl (C=O) groups is 1. The maximum atomic E-state index is 12.7. The molecule has 0 radical (unpaired) electrons. The molecular formula is C19H22FNO3. The van der Waals surface area contributed by atoms with Crippen LogP contribution in [0.2, 0.25) is 0 Å². The highest BCUT2D eigenvalue weighted by molar-refractivity contribution is 5.91. The Hall–Kier alpha value is -2.43. The molecule has 0 amide bonds. The number of ether oxygens (including phenoxy) is 2. The third-order valence-electron chi connectivity index (χ3n) is 3.52. The van der Waals surface area contributed by atoms with Gasteiger partial charge in [0.1, 0.15) is 11.5 Å². The van der Waals surface area contributed by atoms with Crippen LogP contribution in [0.1, 0.15) is 49.4 Å². The van der Waals surface area contributed by atoms with Crippen LogP contribution < -0.4 is 9.47 Å². The summed E-state index contributed by atoms with van der Waals surface area (Å²) in [6, 6.07) is 9.27. The molecule has 24 heavy (non-hydrogen) atoms. The van der Waals surface area contributed by atoms with Crippen LogP contribution in [0.15, 0.2) is 42.6 Å². The Balaban J connectivity index is 1.78. The molecule has 0 bridgehead atoms. The van der Waals surface area contributed by atoms with Crippen LogP contribution in [0.3, 0.4) is 0 Å². The van der Waals surface area contributed by atoms with Gasteiger partial charge in [0.05, 0.1) is 18.4 Å². The lowest BCUT2D eigenvalue weighted by molar-refractivity contribution is 0.0734. The molecule has 0 unspecified atom stereocenters. The first-order valence-corrected chi connectivity index (χ1v) is 8.25. The SMILES string of the molecule is CCCCCCCOc1ccc(C(=O)Oc2ccc(F)nc2)cc1. The van der Waals surface area contributed by atoms with Gasteiger partial charge in [-0.3, -0.25) is 0 Å². The van der Waals surface area contributed by atoms with E-state index < -0.39 is 11.9 Å². The second-order valence-corrected chi connectivity index (χ2v) is 5.49. The number of hydrogen-bond donors (Lipinski definition) is 0. The third-order valence-corrected chi connectivity index (χ3v) is 3.52. The number of carbonyl (C=O) groups excluding carboxylic acids is 1. The van der Waals surface area contributed by atoms with Crippen molar-refractivity contribution in [3.05, 3.63) is 54.1 Å². The van der Waals surface area contributed by atoms with E-state index in [0.717, 1.165) is 18.2 Å². The number of halogens is 1.